The molecule has 0 spiro atoms. The van der Waals surface area contributed by atoms with E-state index in [2.05, 4.69) is 0 Å². The monoisotopic (exact) mass is 300 g/mol. The van der Waals surface area contributed by atoms with Gasteiger partial charge in [-0.3, -0.25) is 4.79 Å². The van der Waals surface area contributed by atoms with E-state index in [1.807, 2.05) is 34.2 Å². The van der Waals surface area contributed by atoms with E-state index in [1.165, 1.54) is 11.3 Å². The number of carbonyl (C=O) groups is 1. The third kappa shape index (κ3) is 3.72. The van der Waals surface area contributed by atoms with Gasteiger partial charge in [-0.2, -0.15) is 11.8 Å². The zero-order valence-electron chi connectivity index (χ0n) is 11.1. The second kappa shape index (κ2) is 7.28. The Morgan fingerprint density at radius 2 is 2.53 bits per heavy atom. The zero-order valence-corrected chi connectivity index (χ0v) is 12.7. The number of nitrogens with two attached hydrogens (primary N) is 1. The van der Waals surface area contributed by atoms with Gasteiger partial charge in [0, 0.05) is 30.3 Å². The summed E-state index contributed by atoms with van der Waals surface area (Å²) in [6.45, 7) is 1.18. The summed E-state index contributed by atoms with van der Waals surface area (Å²) in [6.07, 6.45) is 1.05. The van der Waals surface area contributed by atoms with E-state index in [9.17, 15) is 4.79 Å². The second-order valence-electron chi connectivity index (χ2n) is 4.53. The predicted octanol–water partition coefficient (Wildman–Crippen LogP) is 1.73. The molecule has 2 N–H and O–H groups in total. The Morgan fingerprint density at radius 1 is 1.68 bits per heavy atom. The van der Waals surface area contributed by atoms with Gasteiger partial charge in [0.1, 0.15) is 6.04 Å². The fraction of sp³-hybridized carbons (Fsp3) is 0.615. The van der Waals surface area contributed by atoms with Crippen LogP contribution in [0.15, 0.2) is 17.5 Å². The Hall–Kier alpha value is -0.560. The van der Waals surface area contributed by atoms with Crippen molar-refractivity contribution in [2.24, 2.45) is 5.73 Å². The van der Waals surface area contributed by atoms with Crippen LogP contribution in [0, 0.1) is 0 Å². The van der Waals surface area contributed by atoms with E-state index in [-0.39, 0.29) is 5.91 Å². The molecule has 0 aromatic carbocycles. The van der Waals surface area contributed by atoms with Gasteiger partial charge in [0.2, 0.25) is 5.91 Å². The maximum atomic E-state index is 12.6. The molecule has 0 saturated carbocycles. The number of rotatable bonds is 6. The Kier molecular flexibility index (Phi) is 5.69. The van der Waals surface area contributed by atoms with Crippen LogP contribution in [-0.4, -0.2) is 48.6 Å². The number of ether oxygens (including phenoxy) is 1. The Labute approximate surface area is 122 Å². The quantitative estimate of drug-likeness (QED) is 0.869. The number of thiophene rings is 1. The van der Waals surface area contributed by atoms with Crippen LogP contribution in [0.25, 0.3) is 0 Å². The summed E-state index contributed by atoms with van der Waals surface area (Å²) in [5.74, 6) is 2.15. The molecule has 2 unspecified atom stereocenters. The van der Waals surface area contributed by atoms with E-state index < -0.39 is 6.04 Å². The number of carbonyl (C=O) groups excluding carboxylic acids is 1. The molecule has 2 atom stereocenters. The number of hydrogen-bond acceptors (Lipinski definition) is 5. The molecular formula is C13H20N2O2S2. The summed E-state index contributed by atoms with van der Waals surface area (Å²) >= 11 is 3.43. The van der Waals surface area contributed by atoms with Gasteiger partial charge in [0.05, 0.1) is 6.61 Å². The van der Waals surface area contributed by atoms with Gasteiger partial charge in [-0.05, 0) is 23.6 Å². The van der Waals surface area contributed by atoms with Crippen molar-refractivity contribution >= 4 is 29.0 Å². The molecule has 106 valence electrons. The molecule has 2 heterocycles. The van der Waals surface area contributed by atoms with Crippen molar-refractivity contribution in [1.82, 2.24) is 4.90 Å². The highest BCUT2D eigenvalue weighted by Gasteiger charge is 2.30. The summed E-state index contributed by atoms with van der Waals surface area (Å²) in [7, 11) is 1.66. The van der Waals surface area contributed by atoms with E-state index >= 15 is 0 Å². The molecule has 4 nitrogen and oxygen atoms in total. The molecule has 1 aliphatic heterocycles. The van der Waals surface area contributed by atoms with E-state index in [0.717, 1.165) is 22.8 Å². The fourth-order valence-corrected chi connectivity index (χ4v) is 4.14. The average Bonchev–Trinajstić information content (AvgIpc) is 3.11. The van der Waals surface area contributed by atoms with Crippen LogP contribution in [0.1, 0.15) is 17.3 Å². The largest absolute Gasteiger partial charge is 0.383 e. The lowest BCUT2D eigenvalue weighted by Gasteiger charge is -2.30. The summed E-state index contributed by atoms with van der Waals surface area (Å²) < 4.78 is 5.11. The second-order valence-corrected chi connectivity index (χ2v) is 6.66. The van der Waals surface area contributed by atoms with Gasteiger partial charge in [-0.15, -0.1) is 11.3 Å². The Morgan fingerprint density at radius 3 is 3.11 bits per heavy atom. The first-order valence-electron chi connectivity index (χ1n) is 6.40. The molecule has 1 saturated heterocycles. The molecule has 2 rings (SSSR count). The normalized spacial score (nSPS) is 20.4. The summed E-state index contributed by atoms with van der Waals surface area (Å²) in [6, 6.07) is 3.62. The SMILES string of the molecule is COCCN(C(=O)C(N)c1cccs1)C1CCSC1. The van der Waals surface area contributed by atoms with Crippen LogP contribution in [-0.2, 0) is 9.53 Å². The van der Waals surface area contributed by atoms with Gasteiger partial charge in [0.15, 0.2) is 0 Å². The van der Waals surface area contributed by atoms with E-state index in [1.54, 1.807) is 7.11 Å². The number of nitrogens with zero attached hydrogens (tertiary/aromatic N) is 1. The Bertz CT molecular complexity index is 391. The minimum absolute atomic E-state index is 0.0204. The predicted molar refractivity (Wildman–Crippen MR) is 80.6 cm³/mol. The molecular weight excluding hydrogens is 280 g/mol. The van der Waals surface area contributed by atoms with E-state index in [4.69, 9.17) is 10.5 Å². The molecule has 0 bridgehead atoms. The number of hydrogen-bond donors (Lipinski definition) is 1. The first kappa shape index (κ1) is 14.8. The van der Waals surface area contributed by atoms with Crippen molar-refractivity contribution in [1.29, 1.82) is 0 Å². The third-order valence-electron chi connectivity index (χ3n) is 3.28. The fourth-order valence-electron chi connectivity index (χ4n) is 2.20. The number of methoxy groups -OCH3 is 1. The molecule has 1 aromatic rings. The summed E-state index contributed by atoms with van der Waals surface area (Å²) in [4.78, 5) is 15.4. The molecule has 1 amide bonds. The van der Waals surface area contributed by atoms with Crippen molar-refractivity contribution in [2.75, 3.05) is 31.8 Å². The van der Waals surface area contributed by atoms with Gasteiger partial charge in [-0.1, -0.05) is 6.07 Å². The van der Waals surface area contributed by atoms with Gasteiger partial charge >= 0.3 is 0 Å². The van der Waals surface area contributed by atoms with E-state index in [0.29, 0.717) is 19.2 Å². The maximum absolute atomic E-state index is 12.6. The summed E-state index contributed by atoms with van der Waals surface area (Å²) in [5, 5.41) is 1.95. The molecule has 0 radical (unpaired) electrons. The first-order valence-corrected chi connectivity index (χ1v) is 8.43. The number of amides is 1. The van der Waals surface area contributed by atoms with Crippen LogP contribution in [0.3, 0.4) is 0 Å². The molecule has 19 heavy (non-hydrogen) atoms. The average molecular weight is 300 g/mol. The van der Waals surface area contributed by atoms with Crippen LogP contribution in [0.2, 0.25) is 0 Å². The highest BCUT2D eigenvalue weighted by atomic mass is 32.2. The molecule has 1 fully saturated rings. The standard InChI is InChI=1S/C13H20N2O2S2/c1-17-6-5-15(10-4-8-18-9-10)13(16)12(14)11-3-2-7-19-11/h2-3,7,10,12H,4-6,8-9,14H2,1H3. The van der Waals surface area contributed by atoms with Crippen molar-refractivity contribution in [2.45, 2.75) is 18.5 Å². The lowest BCUT2D eigenvalue weighted by atomic mass is 10.1. The van der Waals surface area contributed by atoms with Crippen LogP contribution < -0.4 is 5.73 Å². The Balaban J connectivity index is 2.05. The summed E-state index contributed by atoms with van der Waals surface area (Å²) in [5.41, 5.74) is 6.09. The highest BCUT2D eigenvalue weighted by molar-refractivity contribution is 7.99. The maximum Gasteiger partial charge on any atom is 0.245 e. The molecule has 6 heteroatoms. The van der Waals surface area contributed by atoms with Gasteiger partial charge < -0.3 is 15.4 Å². The lowest BCUT2D eigenvalue weighted by molar-refractivity contribution is -0.135. The molecule has 1 aromatic heterocycles. The minimum Gasteiger partial charge on any atom is -0.383 e. The smallest absolute Gasteiger partial charge is 0.245 e. The van der Waals surface area contributed by atoms with Crippen LogP contribution in [0.4, 0.5) is 0 Å². The van der Waals surface area contributed by atoms with Gasteiger partial charge in [0.25, 0.3) is 0 Å². The van der Waals surface area contributed by atoms with Crippen molar-refractivity contribution in [3.63, 3.8) is 0 Å². The van der Waals surface area contributed by atoms with Crippen molar-refractivity contribution in [3.8, 4) is 0 Å². The molecule has 1 aliphatic rings. The highest BCUT2D eigenvalue weighted by Crippen LogP contribution is 2.26. The third-order valence-corrected chi connectivity index (χ3v) is 5.38. The lowest BCUT2D eigenvalue weighted by Crippen LogP contribution is -2.46. The van der Waals surface area contributed by atoms with Crippen molar-refractivity contribution < 1.29 is 9.53 Å². The van der Waals surface area contributed by atoms with Crippen molar-refractivity contribution in [3.05, 3.63) is 22.4 Å². The molecule has 0 aliphatic carbocycles. The number of thioether (sulfide) groups is 1. The first-order chi connectivity index (χ1) is 9.24. The van der Waals surface area contributed by atoms with Gasteiger partial charge in [-0.25, -0.2) is 0 Å². The van der Waals surface area contributed by atoms with Crippen LogP contribution >= 0.6 is 23.1 Å². The minimum atomic E-state index is -0.539. The topological polar surface area (TPSA) is 55.6 Å². The zero-order chi connectivity index (χ0) is 13.7. The van der Waals surface area contributed by atoms with Crippen LogP contribution in [0.5, 0.6) is 0 Å².